The van der Waals surface area contributed by atoms with Gasteiger partial charge in [-0.1, -0.05) is 20.3 Å². The van der Waals surface area contributed by atoms with E-state index in [4.69, 9.17) is 5.11 Å². The lowest BCUT2D eigenvalue weighted by molar-refractivity contribution is 0.119. The Balaban J connectivity index is 0. The van der Waals surface area contributed by atoms with Gasteiger partial charge in [0.15, 0.2) is 0 Å². The van der Waals surface area contributed by atoms with Crippen molar-refractivity contribution >= 4 is 6.09 Å². The highest BCUT2D eigenvalue weighted by atomic mass is 16.6. The van der Waals surface area contributed by atoms with E-state index in [0.717, 1.165) is 0 Å². The van der Waals surface area contributed by atoms with Gasteiger partial charge in [-0.05, 0) is 6.92 Å². The molecule has 0 atom stereocenters. The van der Waals surface area contributed by atoms with Gasteiger partial charge in [0.2, 0.25) is 0 Å². The molecule has 0 aliphatic rings. The Kier molecular flexibility index (Phi) is 14.8. The van der Waals surface area contributed by atoms with E-state index in [-0.39, 0.29) is 13.2 Å². The maximum atomic E-state index is 10.4. The maximum Gasteiger partial charge on any atom is 0.407 e. The van der Waals surface area contributed by atoms with Crippen LogP contribution in [0.3, 0.4) is 0 Å². The molecular weight excluding hydrogens is 158 g/mol. The van der Waals surface area contributed by atoms with Crippen LogP contribution in [0.1, 0.15) is 27.2 Å². The lowest BCUT2D eigenvalue weighted by Gasteiger charge is -2.01. The Morgan fingerprint density at radius 1 is 1.42 bits per heavy atom. The molecule has 0 aliphatic carbocycles. The third kappa shape index (κ3) is 16.1. The number of hydrogen-bond donors (Lipinski definition) is 2. The molecule has 0 aromatic heterocycles. The summed E-state index contributed by atoms with van der Waals surface area (Å²) in [5, 5.41) is 10.6. The second-order valence-corrected chi connectivity index (χ2v) is 2.10. The average molecular weight is 177 g/mol. The van der Waals surface area contributed by atoms with Crippen LogP contribution in [0.4, 0.5) is 4.79 Å². The molecular formula is C8H19NO3. The first-order valence-electron chi connectivity index (χ1n) is 4.24. The first kappa shape index (κ1) is 13.8. The number of ether oxygens (including phenoxy) is 1. The van der Waals surface area contributed by atoms with Crippen LogP contribution in [0, 0.1) is 0 Å². The van der Waals surface area contributed by atoms with E-state index in [2.05, 4.69) is 23.9 Å². The molecule has 0 saturated heterocycles. The average Bonchev–Trinajstić information content (AvgIpc) is 2.03. The van der Waals surface area contributed by atoms with Crippen LogP contribution in [0.5, 0.6) is 0 Å². The summed E-state index contributed by atoms with van der Waals surface area (Å²) < 4.78 is 4.43. The molecule has 4 heteroatoms. The highest BCUT2D eigenvalue weighted by Gasteiger charge is 1.95. The minimum Gasteiger partial charge on any atom is -0.447 e. The van der Waals surface area contributed by atoms with Crippen molar-refractivity contribution in [3.8, 4) is 0 Å². The van der Waals surface area contributed by atoms with Gasteiger partial charge in [0.1, 0.15) is 6.61 Å². The summed E-state index contributed by atoms with van der Waals surface area (Å²) in [4.78, 5) is 10.4. The summed E-state index contributed by atoms with van der Waals surface area (Å²) in [6.45, 7) is 6.52. The highest BCUT2D eigenvalue weighted by molar-refractivity contribution is 5.66. The number of aliphatic hydroxyl groups is 1. The number of rotatable bonds is 3. The highest BCUT2D eigenvalue weighted by Crippen LogP contribution is 1.73. The Morgan fingerprint density at radius 3 is 2.25 bits per heavy atom. The lowest BCUT2D eigenvalue weighted by Crippen LogP contribution is -2.24. The van der Waals surface area contributed by atoms with Crippen molar-refractivity contribution in [1.29, 1.82) is 0 Å². The van der Waals surface area contributed by atoms with Crippen molar-refractivity contribution in [3.63, 3.8) is 0 Å². The van der Waals surface area contributed by atoms with E-state index in [1.165, 1.54) is 6.42 Å². The van der Waals surface area contributed by atoms with Crippen LogP contribution in [0.2, 0.25) is 0 Å². The van der Waals surface area contributed by atoms with Crippen LogP contribution < -0.4 is 5.32 Å². The van der Waals surface area contributed by atoms with Gasteiger partial charge < -0.3 is 15.2 Å². The molecule has 12 heavy (non-hydrogen) atoms. The zero-order chi connectivity index (χ0) is 9.82. The topological polar surface area (TPSA) is 58.6 Å². The number of nitrogens with one attached hydrogen (secondary N) is 1. The maximum absolute atomic E-state index is 10.4. The van der Waals surface area contributed by atoms with E-state index >= 15 is 0 Å². The van der Waals surface area contributed by atoms with E-state index in [1.807, 2.05) is 0 Å². The number of amides is 1. The van der Waals surface area contributed by atoms with Gasteiger partial charge in [0, 0.05) is 6.54 Å². The van der Waals surface area contributed by atoms with Crippen molar-refractivity contribution in [3.05, 3.63) is 0 Å². The monoisotopic (exact) mass is 177 g/mol. The predicted molar refractivity (Wildman–Crippen MR) is 48.1 cm³/mol. The van der Waals surface area contributed by atoms with E-state index in [1.54, 1.807) is 6.92 Å². The van der Waals surface area contributed by atoms with Crippen LogP contribution in [-0.2, 0) is 4.74 Å². The van der Waals surface area contributed by atoms with Crippen molar-refractivity contribution in [2.75, 3.05) is 19.8 Å². The smallest absolute Gasteiger partial charge is 0.407 e. The summed E-state index contributed by atoms with van der Waals surface area (Å²) in [6.07, 6.45) is 0.770. The Bertz CT molecular complexity index is 96.3. The van der Waals surface area contributed by atoms with Gasteiger partial charge >= 0.3 is 6.09 Å². The molecule has 0 fully saturated rings. The predicted octanol–water partition coefficient (Wildman–Crippen LogP) is 1.14. The minimum atomic E-state index is -0.480. The SMILES string of the molecule is CCC.CCNC(=O)OCCO. The molecule has 0 saturated carbocycles. The number of aliphatic hydroxyl groups excluding tert-OH is 1. The van der Waals surface area contributed by atoms with Crippen LogP contribution in [0.25, 0.3) is 0 Å². The Hall–Kier alpha value is -0.770. The van der Waals surface area contributed by atoms with Crippen molar-refractivity contribution < 1.29 is 14.6 Å². The largest absolute Gasteiger partial charge is 0.447 e. The molecule has 0 radical (unpaired) electrons. The third-order valence-electron chi connectivity index (χ3n) is 0.646. The summed E-state index contributed by atoms with van der Waals surface area (Å²) in [6, 6.07) is 0. The lowest BCUT2D eigenvalue weighted by atomic mass is 10.6. The zero-order valence-corrected chi connectivity index (χ0v) is 8.09. The van der Waals surface area contributed by atoms with E-state index in [9.17, 15) is 4.79 Å². The molecule has 0 aliphatic heterocycles. The van der Waals surface area contributed by atoms with Crippen LogP contribution in [-0.4, -0.2) is 31.0 Å². The molecule has 0 heterocycles. The molecule has 1 amide bonds. The van der Waals surface area contributed by atoms with Crippen LogP contribution >= 0.6 is 0 Å². The Morgan fingerprint density at radius 2 is 1.92 bits per heavy atom. The van der Waals surface area contributed by atoms with Crippen molar-refractivity contribution in [1.82, 2.24) is 5.32 Å². The van der Waals surface area contributed by atoms with Gasteiger partial charge in [0.25, 0.3) is 0 Å². The summed E-state index contributed by atoms with van der Waals surface area (Å²) in [7, 11) is 0. The summed E-state index contributed by atoms with van der Waals surface area (Å²) in [5.74, 6) is 0. The van der Waals surface area contributed by atoms with Gasteiger partial charge in [-0.25, -0.2) is 4.79 Å². The first-order chi connectivity index (χ1) is 5.72. The van der Waals surface area contributed by atoms with Gasteiger partial charge in [-0.3, -0.25) is 0 Å². The molecule has 2 N–H and O–H groups in total. The van der Waals surface area contributed by atoms with Gasteiger partial charge in [0.05, 0.1) is 6.61 Å². The Labute approximate surface area is 73.9 Å². The molecule has 0 aromatic rings. The molecule has 0 aromatic carbocycles. The molecule has 4 nitrogen and oxygen atoms in total. The van der Waals surface area contributed by atoms with E-state index < -0.39 is 6.09 Å². The van der Waals surface area contributed by atoms with Gasteiger partial charge in [-0.15, -0.1) is 0 Å². The normalized spacial score (nSPS) is 8.00. The minimum absolute atomic E-state index is 0.0613. The fraction of sp³-hybridized carbons (Fsp3) is 0.875. The van der Waals surface area contributed by atoms with Gasteiger partial charge in [-0.2, -0.15) is 0 Å². The molecule has 0 bridgehead atoms. The third-order valence-corrected chi connectivity index (χ3v) is 0.646. The van der Waals surface area contributed by atoms with E-state index in [0.29, 0.717) is 6.54 Å². The molecule has 0 spiro atoms. The number of carbonyl (C=O) groups is 1. The first-order valence-corrected chi connectivity index (χ1v) is 4.24. The van der Waals surface area contributed by atoms with Crippen molar-refractivity contribution in [2.24, 2.45) is 0 Å². The standard InChI is InChI=1S/C5H11NO3.C3H8/c1-2-6-5(8)9-4-3-7;1-3-2/h7H,2-4H2,1H3,(H,6,8);3H2,1-2H3. The fourth-order valence-corrected chi connectivity index (χ4v) is 0.334. The number of alkyl carbamates (subject to hydrolysis) is 1. The number of hydrogen-bond acceptors (Lipinski definition) is 3. The van der Waals surface area contributed by atoms with Crippen molar-refractivity contribution in [2.45, 2.75) is 27.2 Å². The van der Waals surface area contributed by atoms with Crippen LogP contribution in [0.15, 0.2) is 0 Å². The number of carbonyl (C=O) groups excluding carboxylic acids is 1. The molecule has 0 unspecified atom stereocenters. The molecule has 0 rings (SSSR count). The fourth-order valence-electron chi connectivity index (χ4n) is 0.334. The summed E-state index contributed by atoms with van der Waals surface area (Å²) in [5.41, 5.74) is 0. The zero-order valence-electron chi connectivity index (χ0n) is 8.09. The quantitative estimate of drug-likeness (QED) is 0.679. The summed E-state index contributed by atoms with van der Waals surface area (Å²) >= 11 is 0. The molecule has 74 valence electrons. The second-order valence-electron chi connectivity index (χ2n) is 2.10. The second kappa shape index (κ2) is 12.9.